The molecule has 29 heavy (non-hydrogen) atoms. The molecule has 1 aliphatic rings. The number of thioether (sulfide) groups is 1. The number of fused-ring (bicyclic) bond motifs is 1. The topological polar surface area (TPSA) is 87.2 Å². The predicted octanol–water partition coefficient (Wildman–Crippen LogP) is 2.90. The van der Waals surface area contributed by atoms with E-state index >= 15 is 0 Å². The lowest BCUT2D eigenvalue weighted by Gasteiger charge is -2.12. The number of carbonyl (C=O) groups is 3. The second-order valence-corrected chi connectivity index (χ2v) is 7.76. The molecule has 1 aliphatic heterocycles. The first-order valence-corrected chi connectivity index (χ1v) is 10.0. The highest BCUT2D eigenvalue weighted by atomic mass is 32.2. The zero-order valence-electron chi connectivity index (χ0n) is 15.8. The molecular formula is C21H20N4O3S. The average Bonchev–Trinajstić information content (AvgIpc) is 3.37. The van der Waals surface area contributed by atoms with Crippen molar-refractivity contribution in [3.8, 4) is 0 Å². The van der Waals surface area contributed by atoms with Crippen LogP contribution in [0.3, 0.4) is 0 Å². The Bertz CT molecular complexity index is 1130. The van der Waals surface area contributed by atoms with Gasteiger partial charge in [-0.05, 0) is 48.0 Å². The summed E-state index contributed by atoms with van der Waals surface area (Å²) in [7, 11) is 1.86. The van der Waals surface area contributed by atoms with Crippen molar-refractivity contribution < 1.29 is 14.4 Å². The van der Waals surface area contributed by atoms with Crippen LogP contribution < -0.4 is 5.32 Å². The molecule has 3 amide bonds. The van der Waals surface area contributed by atoms with E-state index in [0.717, 1.165) is 38.8 Å². The maximum Gasteiger partial charge on any atom is 0.294 e. The summed E-state index contributed by atoms with van der Waals surface area (Å²) in [6.07, 6.45) is 6.11. The molecule has 0 spiro atoms. The summed E-state index contributed by atoms with van der Waals surface area (Å²) < 4.78 is 1.85. The molecule has 1 saturated heterocycles. The SMILES string of the molecule is Cn1cccc1C=C1SC(=O)N(CC(=O)NCCc2c[nH]c3ccccc23)C1=O. The molecule has 2 N–H and O–H groups in total. The van der Waals surface area contributed by atoms with E-state index in [-0.39, 0.29) is 12.5 Å². The number of aryl methyl sites for hydroxylation is 1. The quantitative estimate of drug-likeness (QED) is 0.614. The van der Waals surface area contributed by atoms with E-state index in [9.17, 15) is 14.4 Å². The van der Waals surface area contributed by atoms with Crippen LogP contribution in [0, 0.1) is 0 Å². The highest BCUT2D eigenvalue weighted by molar-refractivity contribution is 8.18. The summed E-state index contributed by atoms with van der Waals surface area (Å²) in [5.74, 6) is -0.791. The minimum absolute atomic E-state index is 0.275. The van der Waals surface area contributed by atoms with Crippen LogP contribution in [0.15, 0.2) is 53.7 Å². The number of imide groups is 1. The number of aromatic nitrogens is 2. The van der Waals surface area contributed by atoms with Gasteiger partial charge in [0.05, 0.1) is 4.91 Å². The van der Waals surface area contributed by atoms with Gasteiger partial charge >= 0.3 is 0 Å². The molecule has 2 aromatic heterocycles. The number of aromatic amines is 1. The van der Waals surface area contributed by atoms with Crippen molar-refractivity contribution in [1.29, 1.82) is 0 Å². The summed E-state index contributed by atoms with van der Waals surface area (Å²) in [4.78, 5) is 41.5. The zero-order valence-corrected chi connectivity index (χ0v) is 16.7. The molecule has 0 aliphatic carbocycles. The third-order valence-corrected chi connectivity index (χ3v) is 5.74. The average molecular weight is 408 g/mol. The number of H-pyrrole nitrogens is 1. The van der Waals surface area contributed by atoms with Crippen LogP contribution in [-0.4, -0.2) is 44.6 Å². The maximum absolute atomic E-state index is 12.5. The Balaban J connectivity index is 1.33. The summed E-state index contributed by atoms with van der Waals surface area (Å²) in [6.45, 7) is 0.152. The van der Waals surface area contributed by atoms with E-state index in [1.54, 1.807) is 6.08 Å². The van der Waals surface area contributed by atoms with Gasteiger partial charge in [-0.25, -0.2) is 0 Å². The van der Waals surface area contributed by atoms with E-state index in [1.165, 1.54) is 0 Å². The van der Waals surface area contributed by atoms with Crippen LogP contribution in [0.25, 0.3) is 17.0 Å². The summed E-state index contributed by atoms with van der Waals surface area (Å²) in [5.41, 5.74) is 2.98. The van der Waals surface area contributed by atoms with Gasteiger partial charge in [0.15, 0.2) is 0 Å². The first-order valence-electron chi connectivity index (χ1n) is 9.21. The van der Waals surface area contributed by atoms with Gasteiger partial charge < -0.3 is 14.9 Å². The minimum atomic E-state index is -0.437. The molecule has 0 bridgehead atoms. The number of nitrogens with zero attached hydrogens (tertiary/aromatic N) is 2. The van der Waals surface area contributed by atoms with Crippen molar-refractivity contribution >= 4 is 45.8 Å². The Hall–Kier alpha value is -3.26. The van der Waals surface area contributed by atoms with Crippen LogP contribution in [0.1, 0.15) is 11.3 Å². The Labute approximate surface area is 171 Å². The number of nitrogens with one attached hydrogen (secondary N) is 2. The molecule has 0 radical (unpaired) electrons. The van der Waals surface area contributed by atoms with Gasteiger partial charge in [-0.15, -0.1) is 0 Å². The maximum atomic E-state index is 12.5. The van der Waals surface area contributed by atoms with E-state index in [0.29, 0.717) is 17.9 Å². The first-order chi connectivity index (χ1) is 14.0. The Morgan fingerprint density at radius 3 is 2.83 bits per heavy atom. The van der Waals surface area contributed by atoms with Gasteiger partial charge in [0.2, 0.25) is 5.91 Å². The normalized spacial score (nSPS) is 15.6. The Morgan fingerprint density at radius 2 is 2.03 bits per heavy atom. The smallest absolute Gasteiger partial charge is 0.294 e. The number of para-hydroxylation sites is 1. The zero-order chi connectivity index (χ0) is 20.4. The second kappa shape index (κ2) is 8.00. The fourth-order valence-electron chi connectivity index (χ4n) is 3.27. The van der Waals surface area contributed by atoms with Crippen LogP contribution in [0.4, 0.5) is 4.79 Å². The summed E-state index contributed by atoms with van der Waals surface area (Å²) in [5, 5.41) is 3.49. The molecular weight excluding hydrogens is 388 g/mol. The van der Waals surface area contributed by atoms with Crippen LogP contribution in [-0.2, 0) is 23.1 Å². The lowest BCUT2D eigenvalue weighted by Crippen LogP contribution is -2.40. The lowest BCUT2D eigenvalue weighted by molar-refractivity contribution is -0.129. The largest absolute Gasteiger partial charge is 0.361 e. The lowest BCUT2D eigenvalue weighted by atomic mass is 10.1. The van der Waals surface area contributed by atoms with Crippen LogP contribution >= 0.6 is 11.8 Å². The minimum Gasteiger partial charge on any atom is -0.361 e. The standard InChI is InChI=1S/C21H20N4O3S/c1-24-10-4-5-15(24)11-18-20(27)25(21(28)29-18)13-19(26)22-9-8-14-12-23-17-7-3-2-6-16(14)17/h2-7,10-12,23H,8-9,13H2,1H3,(H,22,26). The molecule has 8 heteroatoms. The van der Waals surface area contributed by atoms with Gasteiger partial charge in [0.25, 0.3) is 11.1 Å². The second-order valence-electron chi connectivity index (χ2n) is 6.77. The van der Waals surface area contributed by atoms with Gasteiger partial charge in [-0.1, -0.05) is 18.2 Å². The van der Waals surface area contributed by atoms with Crippen molar-refractivity contribution in [3.05, 3.63) is 65.0 Å². The van der Waals surface area contributed by atoms with Crippen molar-refractivity contribution in [2.45, 2.75) is 6.42 Å². The number of amides is 3. The molecule has 0 unspecified atom stereocenters. The first kappa shape index (κ1) is 19.1. The van der Waals surface area contributed by atoms with E-state index in [4.69, 9.17) is 0 Å². The Kier molecular flexibility index (Phi) is 5.26. The molecule has 0 atom stereocenters. The molecule has 3 aromatic rings. The Morgan fingerprint density at radius 1 is 1.21 bits per heavy atom. The molecule has 4 rings (SSSR count). The van der Waals surface area contributed by atoms with E-state index in [1.807, 2.05) is 60.4 Å². The molecule has 7 nitrogen and oxygen atoms in total. The van der Waals surface area contributed by atoms with Crippen molar-refractivity contribution in [2.24, 2.45) is 7.05 Å². The number of hydrogen-bond donors (Lipinski definition) is 2. The van der Waals surface area contributed by atoms with Gasteiger partial charge in [0.1, 0.15) is 6.54 Å². The van der Waals surface area contributed by atoms with Crippen LogP contribution in [0.2, 0.25) is 0 Å². The third-order valence-electron chi connectivity index (χ3n) is 4.83. The molecule has 148 valence electrons. The van der Waals surface area contributed by atoms with Crippen LogP contribution in [0.5, 0.6) is 0 Å². The van der Waals surface area contributed by atoms with E-state index < -0.39 is 11.1 Å². The fourth-order valence-corrected chi connectivity index (χ4v) is 4.09. The third kappa shape index (κ3) is 3.97. The number of benzene rings is 1. The number of rotatable bonds is 6. The highest BCUT2D eigenvalue weighted by Gasteiger charge is 2.36. The monoisotopic (exact) mass is 408 g/mol. The molecule has 1 fully saturated rings. The summed E-state index contributed by atoms with van der Waals surface area (Å²) >= 11 is 0.855. The van der Waals surface area contributed by atoms with Crippen molar-refractivity contribution in [2.75, 3.05) is 13.1 Å². The van der Waals surface area contributed by atoms with Gasteiger partial charge in [0, 0.05) is 42.6 Å². The van der Waals surface area contributed by atoms with E-state index in [2.05, 4.69) is 10.3 Å². The van der Waals surface area contributed by atoms with Crippen molar-refractivity contribution in [3.63, 3.8) is 0 Å². The fraction of sp³-hybridized carbons (Fsp3) is 0.190. The summed E-state index contributed by atoms with van der Waals surface area (Å²) in [6, 6.07) is 11.7. The number of carbonyl (C=O) groups excluding carboxylic acids is 3. The molecule has 1 aromatic carbocycles. The van der Waals surface area contributed by atoms with Gasteiger partial charge in [-0.2, -0.15) is 0 Å². The van der Waals surface area contributed by atoms with Crippen molar-refractivity contribution in [1.82, 2.24) is 19.8 Å². The number of hydrogen-bond acceptors (Lipinski definition) is 4. The predicted molar refractivity (Wildman–Crippen MR) is 113 cm³/mol. The molecule has 3 heterocycles. The molecule has 0 saturated carbocycles. The van der Waals surface area contributed by atoms with Gasteiger partial charge in [-0.3, -0.25) is 19.3 Å². The highest BCUT2D eigenvalue weighted by Crippen LogP contribution is 2.31.